The minimum Gasteiger partial charge on any atom is -0.327 e. The van der Waals surface area contributed by atoms with Gasteiger partial charge in [-0.15, -0.1) is 5.06 Å². The average Bonchev–Trinajstić information content (AvgIpc) is 2.25. The number of rotatable bonds is 3. The number of nitro benzene ring substituents is 1. The Balaban J connectivity index is 3.10. The fourth-order valence-corrected chi connectivity index (χ4v) is 1.28. The van der Waals surface area contributed by atoms with E-state index < -0.39 is 10.9 Å². The summed E-state index contributed by atoms with van der Waals surface area (Å²) in [5.41, 5.74) is -0.172. The first-order chi connectivity index (χ1) is 7.95. The summed E-state index contributed by atoms with van der Waals surface area (Å²) in [7, 11) is 0. The highest BCUT2D eigenvalue weighted by atomic mass is 35.5. The summed E-state index contributed by atoms with van der Waals surface area (Å²) in [6.45, 7) is 1.11. The third kappa shape index (κ3) is 3.06. The van der Waals surface area contributed by atoms with Crippen molar-refractivity contribution in [2.75, 3.05) is 5.06 Å². The lowest BCUT2D eigenvalue weighted by Crippen LogP contribution is -2.20. The van der Waals surface area contributed by atoms with Crippen LogP contribution >= 0.6 is 11.6 Å². The molecule has 0 unspecified atom stereocenters. The first-order valence-corrected chi connectivity index (χ1v) is 4.66. The van der Waals surface area contributed by atoms with Crippen molar-refractivity contribution in [2.45, 2.75) is 6.92 Å². The number of non-ortho nitro benzene ring substituents is 1. The molecule has 0 spiro atoms. The molecule has 1 rings (SSSR count). The Morgan fingerprint density at radius 3 is 2.71 bits per heavy atom. The molecule has 17 heavy (non-hydrogen) atoms. The normalized spacial score (nSPS) is 9.24. The molecule has 0 fully saturated rings. The molecule has 88 valence electrons. The van der Waals surface area contributed by atoms with E-state index in [2.05, 4.69) is 4.84 Å². The fraction of sp³-hybridized carbons (Fsp3) is 0.111. The molecular formula is C9H6ClN3O4. The molecule has 0 radical (unpaired) electrons. The van der Waals surface area contributed by atoms with Crippen LogP contribution in [-0.2, 0) is 9.63 Å². The molecular weight excluding hydrogens is 250 g/mol. The number of carbonyl (C=O) groups is 1. The second-order valence-electron chi connectivity index (χ2n) is 2.87. The molecule has 1 aromatic rings. The quantitative estimate of drug-likeness (QED) is 0.355. The molecule has 0 heterocycles. The van der Waals surface area contributed by atoms with E-state index in [1.807, 2.05) is 0 Å². The van der Waals surface area contributed by atoms with Gasteiger partial charge in [-0.2, -0.15) is 5.26 Å². The van der Waals surface area contributed by atoms with Crippen molar-refractivity contribution in [3.63, 3.8) is 0 Å². The summed E-state index contributed by atoms with van der Waals surface area (Å²) in [6, 6.07) is 3.42. The molecule has 0 aromatic heterocycles. The first-order valence-electron chi connectivity index (χ1n) is 4.28. The van der Waals surface area contributed by atoms with Crippen molar-refractivity contribution in [3.8, 4) is 6.19 Å². The number of hydrogen-bond acceptors (Lipinski definition) is 6. The van der Waals surface area contributed by atoms with Crippen molar-refractivity contribution in [1.82, 2.24) is 0 Å². The highest BCUT2D eigenvalue weighted by Gasteiger charge is 2.16. The second-order valence-corrected chi connectivity index (χ2v) is 3.28. The van der Waals surface area contributed by atoms with Gasteiger partial charge in [0.15, 0.2) is 0 Å². The number of hydroxylamine groups is 1. The van der Waals surface area contributed by atoms with Crippen LogP contribution in [0.4, 0.5) is 11.4 Å². The number of nitriles is 1. The van der Waals surface area contributed by atoms with Crippen LogP contribution in [0.5, 0.6) is 0 Å². The Labute approximate surface area is 101 Å². The summed E-state index contributed by atoms with van der Waals surface area (Å²) in [6.07, 6.45) is 1.58. The molecule has 0 aliphatic heterocycles. The Bertz CT molecular complexity index is 511. The molecule has 0 bridgehead atoms. The second kappa shape index (κ2) is 5.14. The summed E-state index contributed by atoms with van der Waals surface area (Å²) < 4.78 is 0. The van der Waals surface area contributed by atoms with Crippen LogP contribution in [0.2, 0.25) is 5.02 Å². The maximum Gasteiger partial charge on any atom is 0.330 e. The van der Waals surface area contributed by atoms with E-state index in [0.717, 1.165) is 19.1 Å². The molecule has 0 amide bonds. The van der Waals surface area contributed by atoms with Gasteiger partial charge in [0.25, 0.3) is 5.69 Å². The van der Waals surface area contributed by atoms with Gasteiger partial charge < -0.3 is 4.84 Å². The number of nitro groups is 1. The van der Waals surface area contributed by atoms with Gasteiger partial charge in [-0.25, -0.2) is 4.79 Å². The van der Waals surface area contributed by atoms with Crippen molar-refractivity contribution >= 4 is 28.9 Å². The Hall–Kier alpha value is -2.33. The molecule has 0 N–H and O–H groups in total. The Morgan fingerprint density at radius 1 is 1.65 bits per heavy atom. The predicted molar refractivity (Wildman–Crippen MR) is 58.0 cm³/mol. The highest BCUT2D eigenvalue weighted by Crippen LogP contribution is 2.29. The topological polar surface area (TPSA) is 96.5 Å². The zero-order chi connectivity index (χ0) is 13.0. The summed E-state index contributed by atoms with van der Waals surface area (Å²) in [5, 5.41) is 19.7. The van der Waals surface area contributed by atoms with Crippen LogP contribution in [0.3, 0.4) is 0 Å². The largest absolute Gasteiger partial charge is 0.330 e. The monoisotopic (exact) mass is 255 g/mol. The average molecular weight is 256 g/mol. The number of halogens is 1. The molecule has 0 aliphatic carbocycles. The zero-order valence-corrected chi connectivity index (χ0v) is 9.34. The van der Waals surface area contributed by atoms with E-state index in [-0.39, 0.29) is 16.4 Å². The highest BCUT2D eigenvalue weighted by molar-refractivity contribution is 6.33. The van der Waals surface area contributed by atoms with E-state index in [4.69, 9.17) is 16.9 Å². The minimum absolute atomic E-state index is 0.0509. The van der Waals surface area contributed by atoms with E-state index in [0.29, 0.717) is 5.06 Å². The number of carbonyl (C=O) groups excluding carboxylic acids is 1. The van der Waals surface area contributed by atoms with E-state index in [1.54, 1.807) is 6.19 Å². The summed E-state index contributed by atoms with van der Waals surface area (Å²) >= 11 is 5.74. The van der Waals surface area contributed by atoms with Gasteiger partial charge in [0.1, 0.15) is 5.69 Å². The van der Waals surface area contributed by atoms with Crippen molar-refractivity contribution in [1.29, 1.82) is 5.26 Å². The maximum absolute atomic E-state index is 10.7. The van der Waals surface area contributed by atoms with Gasteiger partial charge in [-0.1, -0.05) is 11.6 Å². The standard InChI is InChI=1S/C9H6ClN3O4/c1-6(14)17-12(5-11)9-3-2-7(13(15)16)4-8(9)10/h2-4H,1H3. The SMILES string of the molecule is CC(=O)ON(C#N)c1ccc([N+](=O)[O-])cc1Cl. The van der Waals surface area contributed by atoms with E-state index in [9.17, 15) is 14.9 Å². The molecule has 7 nitrogen and oxygen atoms in total. The van der Waals surface area contributed by atoms with Crippen LogP contribution in [0.1, 0.15) is 6.92 Å². The van der Waals surface area contributed by atoms with Crippen LogP contribution in [0.15, 0.2) is 18.2 Å². The van der Waals surface area contributed by atoms with Gasteiger partial charge in [-0.05, 0) is 6.07 Å². The van der Waals surface area contributed by atoms with Gasteiger partial charge in [-0.3, -0.25) is 10.1 Å². The third-order valence-corrected chi connectivity index (χ3v) is 1.97. The lowest BCUT2D eigenvalue weighted by atomic mass is 10.3. The zero-order valence-electron chi connectivity index (χ0n) is 8.58. The number of anilines is 1. The van der Waals surface area contributed by atoms with Crippen molar-refractivity contribution in [3.05, 3.63) is 33.3 Å². The first kappa shape index (κ1) is 12.7. The molecule has 0 saturated heterocycles. The van der Waals surface area contributed by atoms with Crippen molar-refractivity contribution in [2.24, 2.45) is 0 Å². The van der Waals surface area contributed by atoms with E-state index >= 15 is 0 Å². The summed E-state index contributed by atoms with van der Waals surface area (Å²) in [4.78, 5) is 25.1. The smallest absolute Gasteiger partial charge is 0.327 e. The van der Waals surface area contributed by atoms with Crippen molar-refractivity contribution < 1.29 is 14.6 Å². The number of benzene rings is 1. The third-order valence-electron chi connectivity index (χ3n) is 1.67. The number of nitrogens with zero attached hydrogens (tertiary/aromatic N) is 3. The minimum atomic E-state index is -0.707. The number of hydrogen-bond donors (Lipinski definition) is 0. The molecule has 0 aliphatic rings. The van der Waals surface area contributed by atoms with Crippen LogP contribution in [0, 0.1) is 21.6 Å². The van der Waals surface area contributed by atoms with Gasteiger partial charge >= 0.3 is 5.97 Å². The van der Waals surface area contributed by atoms with Gasteiger partial charge in [0, 0.05) is 19.1 Å². The molecule has 0 saturated carbocycles. The van der Waals surface area contributed by atoms with Crippen LogP contribution < -0.4 is 5.06 Å². The Morgan fingerprint density at radius 2 is 2.29 bits per heavy atom. The van der Waals surface area contributed by atoms with Gasteiger partial charge in [0.2, 0.25) is 6.19 Å². The predicted octanol–water partition coefficient (Wildman–Crippen LogP) is 2.01. The fourth-order valence-electron chi connectivity index (χ4n) is 1.03. The van der Waals surface area contributed by atoms with Crippen LogP contribution in [-0.4, -0.2) is 10.9 Å². The van der Waals surface area contributed by atoms with Crippen LogP contribution in [0.25, 0.3) is 0 Å². The summed E-state index contributed by atoms with van der Waals surface area (Å²) in [5.74, 6) is -0.707. The Kier molecular flexibility index (Phi) is 3.85. The molecule has 0 atom stereocenters. The van der Waals surface area contributed by atoms with Gasteiger partial charge in [0.05, 0.1) is 9.95 Å². The molecule has 8 heteroatoms. The molecule has 1 aromatic carbocycles. The maximum atomic E-state index is 10.7. The lowest BCUT2D eigenvalue weighted by Gasteiger charge is -2.14. The van der Waals surface area contributed by atoms with E-state index in [1.165, 1.54) is 6.07 Å². The lowest BCUT2D eigenvalue weighted by molar-refractivity contribution is -0.384.